The number of carbonyl (C=O) groups is 3. The van der Waals surface area contributed by atoms with E-state index in [1.807, 2.05) is 54.6 Å². The summed E-state index contributed by atoms with van der Waals surface area (Å²) in [6, 6.07) is 17.4. The molecule has 0 bridgehead atoms. The van der Waals surface area contributed by atoms with Crippen LogP contribution in [0.1, 0.15) is 49.7 Å². The Morgan fingerprint density at radius 2 is 1.68 bits per heavy atom. The summed E-state index contributed by atoms with van der Waals surface area (Å²) in [7, 11) is 0. The molecule has 0 aromatic heterocycles. The number of rotatable bonds is 7. The van der Waals surface area contributed by atoms with Gasteiger partial charge < -0.3 is 20.9 Å². The lowest BCUT2D eigenvalue weighted by molar-refractivity contribution is -0.124. The van der Waals surface area contributed by atoms with Crippen LogP contribution in [0.2, 0.25) is 0 Å². The van der Waals surface area contributed by atoms with E-state index in [0.29, 0.717) is 31.8 Å². The number of anilines is 1. The molecule has 1 heterocycles. The second kappa shape index (κ2) is 11.7. The Morgan fingerprint density at radius 3 is 2.47 bits per heavy atom. The van der Waals surface area contributed by atoms with E-state index >= 15 is 0 Å². The third kappa shape index (κ3) is 6.59. The fourth-order valence-corrected chi connectivity index (χ4v) is 4.59. The first kappa shape index (κ1) is 23.8. The summed E-state index contributed by atoms with van der Waals surface area (Å²) < 4.78 is 0. The van der Waals surface area contributed by atoms with Gasteiger partial charge in [0.1, 0.15) is 6.54 Å². The Morgan fingerprint density at radius 1 is 0.941 bits per heavy atom. The summed E-state index contributed by atoms with van der Waals surface area (Å²) in [5.41, 5.74) is 2.69. The molecule has 178 valence electrons. The number of fused-ring (bicyclic) bond motifs is 1. The van der Waals surface area contributed by atoms with Crippen molar-refractivity contribution in [2.45, 2.75) is 51.1 Å². The molecule has 1 aliphatic heterocycles. The van der Waals surface area contributed by atoms with E-state index < -0.39 is 0 Å². The van der Waals surface area contributed by atoms with Crippen molar-refractivity contribution in [3.63, 3.8) is 0 Å². The van der Waals surface area contributed by atoms with Crippen molar-refractivity contribution < 1.29 is 14.4 Å². The lowest BCUT2D eigenvalue weighted by atomic mass is 9.86. The van der Waals surface area contributed by atoms with Crippen LogP contribution in [-0.2, 0) is 16.1 Å². The van der Waals surface area contributed by atoms with Gasteiger partial charge in [0.2, 0.25) is 11.8 Å². The summed E-state index contributed by atoms with van der Waals surface area (Å²) in [6.07, 6.45) is 7.84. The third-order valence-electron chi connectivity index (χ3n) is 6.52. The van der Waals surface area contributed by atoms with Crippen molar-refractivity contribution in [1.29, 1.82) is 0 Å². The van der Waals surface area contributed by atoms with Gasteiger partial charge in [-0.3, -0.25) is 9.59 Å². The maximum Gasteiger partial charge on any atom is 0.315 e. The van der Waals surface area contributed by atoms with Crippen LogP contribution in [0.3, 0.4) is 0 Å². The standard InChI is InChI=1S/C27H32N4O3/c32-25(19-31-24-11-5-4-9-22(24)10-6-12-26(31)33)28-17-21-13-15-23(16-14-21)30-27(34)29-18-20-7-2-1-3-8-20/h1-5,7-9,11,21,23H,6,12-19H2,(H,28,32)(H2,29,30,34). The second-order valence-corrected chi connectivity index (χ2v) is 9.01. The molecule has 1 saturated carbocycles. The molecule has 4 amide bonds. The minimum Gasteiger partial charge on any atom is -0.354 e. The zero-order valence-corrected chi connectivity index (χ0v) is 19.4. The molecule has 2 radical (unpaired) electrons. The average molecular weight is 461 g/mol. The molecule has 1 fully saturated rings. The molecule has 3 N–H and O–H groups in total. The number of carbonyl (C=O) groups excluding carboxylic acids is 3. The van der Waals surface area contributed by atoms with E-state index in [0.717, 1.165) is 42.5 Å². The van der Waals surface area contributed by atoms with E-state index in [1.54, 1.807) is 4.90 Å². The highest BCUT2D eigenvalue weighted by molar-refractivity contribution is 6.00. The number of para-hydroxylation sites is 1. The summed E-state index contributed by atoms with van der Waals surface area (Å²) in [6.45, 7) is 1.12. The van der Waals surface area contributed by atoms with Crippen LogP contribution in [0.5, 0.6) is 0 Å². The Hall–Kier alpha value is -3.35. The van der Waals surface area contributed by atoms with Gasteiger partial charge in [0.25, 0.3) is 0 Å². The summed E-state index contributed by atoms with van der Waals surface area (Å²) in [5.74, 6) is 0.179. The zero-order valence-electron chi connectivity index (χ0n) is 19.4. The summed E-state index contributed by atoms with van der Waals surface area (Å²) in [4.78, 5) is 38.9. The minimum absolute atomic E-state index is 0.0238. The van der Waals surface area contributed by atoms with Crippen molar-refractivity contribution in [3.05, 3.63) is 72.1 Å². The molecular formula is C27H32N4O3. The monoisotopic (exact) mass is 460 g/mol. The Kier molecular flexibility index (Phi) is 8.17. The maximum absolute atomic E-state index is 12.6. The van der Waals surface area contributed by atoms with Crippen LogP contribution in [0.4, 0.5) is 10.5 Å². The molecule has 2 aromatic carbocycles. The normalized spacial score (nSPS) is 20.1. The van der Waals surface area contributed by atoms with Gasteiger partial charge in [-0.25, -0.2) is 4.79 Å². The lowest BCUT2D eigenvalue weighted by Crippen LogP contribution is -2.45. The molecule has 2 aromatic rings. The lowest BCUT2D eigenvalue weighted by Gasteiger charge is -2.29. The van der Waals surface area contributed by atoms with Crippen molar-refractivity contribution in [3.8, 4) is 0 Å². The largest absolute Gasteiger partial charge is 0.354 e. The van der Waals surface area contributed by atoms with E-state index in [1.165, 1.54) is 0 Å². The second-order valence-electron chi connectivity index (χ2n) is 9.01. The van der Waals surface area contributed by atoms with Crippen LogP contribution in [0.25, 0.3) is 0 Å². The predicted molar refractivity (Wildman–Crippen MR) is 131 cm³/mol. The highest BCUT2D eigenvalue weighted by atomic mass is 16.2. The number of amides is 4. The molecule has 4 rings (SSSR count). The minimum atomic E-state index is -0.148. The van der Waals surface area contributed by atoms with Gasteiger partial charge in [-0.2, -0.15) is 0 Å². The smallest absolute Gasteiger partial charge is 0.315 e. The van der Waals surface area contributed by atoms with Gasteiger partial charge in [0, 0.05) is 37.7 Å². The fraction of sp³-hybridized carbons (Fsp3) is 0.407. The highest BCUT2D eigenvalue weighted by Gasteiger charge is 2.26. The van der Waals surface area contributed by atoms with Gasteiger partial charge in [0.05, 0.1) is 0 Å². The predicted octanol–water partition coefficient (Wildman–Crippen LogP) is 3.42. The topological polar surface area (TPSA) is 90.5 Å². The number of hydrogen-bond donors (Lipinski definition) is 3. The highest BCUT2D eigenvalue weighted by Crippen LogP contribution is 2.28. The summed E-state index contributed by atoms with van der Waals surface area (Å²) in [5, 5.41) is 8.98. The molecular weight excluding hydrogens is 428 g/mol. The number of hydrogen-bond acceptors (Lipinski definition) is 3. The number of nitrogens with zero attached hydrogens (tertiary/aromatic N) is 1. The quantitative estimate of drug-likeness (QED) is 0.591. The molecule has 7 nitrogen and oxygen atoms in total. The van der Waals surface area contributed by atoms with Crippen molar-refractivity contribution in [2.24, 2.45) is 5.92 Å². The first-order valence-corrected chi connectivity index (χ1v) is 12.1. The Labute approximate surface area is 201 Å². The van der Waals surface area contributed by atoms with Gasteiger partial charge in [-0.1, -0.05) is 48.5 Å². The average Bonchev–Trinajstić information content (AvgIpc) is 3.01. The molecule has 0 spiro atoms. The molecule has 34 heavy (non-hydrogen) atoms. The molecule has 1 aliphatic carbocycles. The molecule has 7 heteroatoms. The van der Waals surface area contributed by atoms with Crippen LogP contribution in [0, 0.1) is 12.3 Å². The number of nitrogens with one attached hydrogen (secondary N) is 3. The van der Waals surface area contributed by atoms with Crippen molar-refractivity contribution in [1.82, 2.24) is 16.0 Å². The molecule has 0 saturated heterocycles. The van der Waals surface area contributed by atoms with Crippen molar-refractivity contribution >= 4 is 23.5 Å². The van der Waals surface area contributed by atoms with Crippen LogP contribution >= 0.6 is 0 Å². The molecule has 0 atom stereocenters. The van der Waals surface area contributed by atoms with E-state index in [2.05, 4.69) is 22.4 Å². The zero-order chi connectivity index (χ0) is 23.8. The first-order valence-electron chi connectivity index (χ1n) is 12.1. The van der Waals surface area contributed by atoms with Crippen molar-refractivity contribution in [2.75, 3.05) is 18.0 Å². The molecule has 2 aliphatic rings. The van der Waals surface area contributed by atoms with Crippen LogP contribution in [-0.4, -0.2) is 37.0 Å². The molecule has 0 unspecified atom stereocenters. The Balaban J connectivity index is 1.17. The maximum atomic E-state index is 12.6. The van der Waals surface area contributed by atoms with E-state index in [9.17, 15) is 14.4 Å². The van der Waals surface area contributed by atoms with Gasteiger partial charge in [-0.15, -0.1) is 0 Å². The summed E-state index contributed by atoms with van der Waals surface area (Å²) >= 11 is 0. The van der Waals surface area contributed by atoms with E-state index in [4.69, 9.17) is 0 Å². The SMILES string of the molecule is O=C(CN1C(=O)CC[C]c2ccccc21)NCC1CCC(NC(=O)NCc2ccccc2)CC1. The Bertz CT molecular complexity index is 986. The van der Waals surface area contributed by atoms with E-state index in [-0.39, 0.29) is 30.4 Å². The van der Waals surface area contributed by atoms with Gasteiger partial charge in [0.15, 0.2) is 0 Å². The first-order chi connectivity index (χ1) is 16.6. The van der Waals surface area contributed by atoms with Crippen LogP contribution in [0.15, 0.2) is 54.6 Å². The number of benzene rings is 2. The van der Waals surface area contributed by atoms with Gasteiger partial charge in [-0.05, 0) is 55.2 Å². The van der Waals surface area contributed by atoms with Gasteiger partial charge >= 0.3 is 6.03 Å². The fourth-order valence-electron chi connectivity index (χ4n) is 4.59. The number of urea groups is 1. The third-order valence-corrected chi connectivity index (χ3v) is 6.52. The van der Waals surface area contributed by atoms with Crippen LogP contribution < -0.4 is 20.9 Å².